The van der Waals surface area contributed by atoms with Crippen LogP contribution < -0.4 is 5.32 Å². The number of hydrogen-bond acceptors (Lipinski definition) is 3. The average Bonchev–Trinajstić information content (AvgIpc) is 2.35. The van der Waals surface area contributed by atoms with Crippen LogP contribution in [-0.4, -0.2) is 43.3 Å². The van der Waals surface area contributed by atoms with E-state index in [-0.39, 0.29) is 18.2 Å². The summed E-state index contributed by atoms with van der Waals surface area (Å²) in [5.41, 5.74) is 0. The van der Waals surface area contributed by atoms with E-state index in [9.17, 15) is 4.79 Å². The van der Waals surface area contributed by atoms with Gasteiger partial charge in [0.05, 0.1) is 18.8 Å². The van der Waals surface area contributed by atoms with Crippen LogP contribution in [0, 0.1) is 0 Å². The van der Waals surface area contributed by atoms with Crippen molar-refractivity contribution in [3.05, 3.63) is 0 Å². The molecule has 2 atom stereocenters. The normalized spacial score (nSPS) is 26.4. The third-order valence-corrected chi connectivity index (χ3v) is 2.19. The molecule has 1 heterocycles. The lowest BCUT2D eigenvalue weighted by atomic mass is 10.3. The van der Waals surface area contributed by atoms with Crippen LogP contribution in [0.25, 0.3) is 0 Å². The monoisotopic (exact) mass is 172 g/mol. The molecule has 0 aliphatic carbocycles. The van der Waals surface area contributed by atoms with Crippen molar-refractivity contribution in [1.29, 1.82) is 0 Å². The number of amides is 1. The van der Waals surface area contributed by atoms with Crippen molar-refractivity contribution in [2.45, 2.75) is 26.1 Å². The molecule has 0 bridgehead atoms. The molecule has 4 heteroatoms. The van der Waals surface area contributed by atoms with E-state index >= 15 is 0 Å². The number of nitrogens with one attached hydrogen (secondary N) is 1. The van der Waals surface area contributed by atoms with Crippen molar-refractivity contribution in [2.75, 3.05) is 20.2 Å². The summed E-state index contributed by atoms with van der Waals surface area (Å²) in [6.07, 6.45) is 0.256. The molecule has 4 nitrogen and oxygen atoms in total. The van der Waals surface area contributed by atoms with E-state index in [4.69, 9.17) is 4.74 Å². The molecule has 0 aromatic heterocycles. The SMILES string of the molecule is COC(C)CN1C(=O)CNC1C. The summed E-state index contributed by atoms with van der Waals surface area (Å²) < 4.78 is 5.09. The Labute approximate surface area is 72.9 Å². The molecule has 1 N–H and O–H groups in total. The number of rotatable bonds is 3. The molecular weight excluding hydrogens is 156 g/mol. The first kappa shape index (κ1) is 9.48. The van der Waals surface area contributed by atoms with E-state index in [2.05, 4.69) is 5.32 Å². The molecule has 1 aliphatic heterocycles. The van der Waals surface area contributed by atoms with Crippen LogP contribution in [0.3, 0.4) is 0 Å². The molecule has 1 aliphatic rings. The van der Waals surface area contributed by atoms with Crippen molar-refractivity contribution >= 4 is 5.91 Å². The number of nitrogens with zero attached hydrogens (tertiary/aromatic N) is 1. The highest BCUT2D eigenvalue weighted by Gasteiger charge is 2.27. The van der Waals surface area contributed by atoms with Gasteiger partial charge in [-0.25, -0.2) is 0 Å². The summed E-state index contributed by atoms with van der Waals surface area (Å²) in [4.78, 5) is 13.0. The van der Waals surface area contributed by atoms with E-state index in [1.807, 2.05) is 13.8 Å². The lowest BCUT2D eigenvalue weighted by molar-refractivity contribution is -0.129. The zero-order valence-electron chi connectivity index (χ0n) is 7.83. The first-order chi connectivity index (χ1) is 5.65. The molecule has 2 unspecified atom stereocenters. The number of methoxy groups -OCH3 is 1. The zero-order chi connectivity index (χ0) is 9.14. The van der Waals surface area contributed by atoms with Crippen molar-refractivity contribution in [3.8, 4) is 0 Å². The van der Waals surface area contributed by atoms with Gasteiger partial charge in [-0.1, -0.05) is 0 Å². The lowest BCUT2D eigenvalue weighted by Gasteiger charge is -2.23. The Hall–Kier alpha value is -0.610. The minimum Gasteiger partial charge on any atom is -0.380 e. The Morgan fingerprint density at radius 2 is 2.50 bits per heavy atom. The topological polar surface area (TPSA) is 41.6 Å². The molecule has 1 saturated heterocycles. The zero-order valence-corrected chi connectivity index (χ0v) is 7.83. The molecule has 0 aromatic carbocycles. The molecule has 0 radical (unpaired) electrons. The van der Waals surface area contributed by atoms with Gasteiger partial charge in [0.25, 0.3) is 0 Å². The first-order valence-electron chi connectivity index (χ1n) is 4.20. The summed E-state index contributed by atoms with van der Waals surface area (Å²) >= 11 is 0. The van der Waals surface area contributed by atoms with Gasteiger partial charge < -0.3 is 9.64 Å². The van der Waals surface area contributed by atoms with Gasteiger partial charge in [-0.15, -0.1) is 0 Å². The van der Waals surface area contributed by atoms with Crippen LogP contribution >= 0.6 is 0 Å². The summed E-state index contributed by atoms with van der Waals surface area (Å²) in [5, 5.41) is 3.07. The molecule has 1 fully saturated rings. The number of ether oxygens (including phenoxy) is 1. The maximum absolute atomic E-state index is 11.2. The van der Waals surface area contributed by atoms with E-state index < -0.39 is 0 Å². The predicted octanol–water partition coefficient (Wildman–Crippen LogP) is -0.201. The van der Waals surface area contributed by atoms with Crippen LogP contribution in [-0.2, 0) is 9.53 Å². The quantitative estimate of drug-likeness (QED) is 0.641. The van der Waals surface area contributed by atoms with Crippen molar-refractivity contribution in [1.82, 2.24) is 10.2 Å². The van der Waals surface area contributed by atoms with E-state index in [0.717, 1.165) is 0 Å². The summed E-state index contributed by atoms with van der Waals surface area (Å²) in [7, 11) is 1.66. The Morgan fingerprint density at radius 3 is 2.92 bits per heavy atom. The Balaban J connectivity index is 2.44. The summed E-state index contributed by atoms with van der Waals surface area (Å²) in [6, 6.07) is 0. The van der Waals surface area contributed by atoms with E-state index in [1.54, 1.807) is 12.0 Å². The molecule has 70 valence electrons. The third-order valence-electron chi connectivity index (χ3n) is 2.19. The number of hydrogen-bond donors (Lipinski definition) is 1. The Kier molecular flexibility index (Phi) is 3.05. The van der Waals surface area contributed by atoms with Crippen LogP contribution in [0.15, 0.2) is 0 Å². The van der Waals surface area contributed by atoms with Crippen molar-refractivity contribution in [2.24, 2.45) is 0 Å². The van der Waals surface area contributed by atoms with Gasteiger partial charge in [-0.3, -0.25) is 10.1 Å². The Bertz CT molecular complexity index is 172. The van der Waals surface area contributed by atoms with Crippen molar-refractivity contribution in [3.63, 3.8) is 0 Å². The smallest absolute Gasteiger partial charge is 0.237 e. The largest absolute Gasteiger partial charge is 0.380 e. The van der Waals surface area contributed by atoms with Crippen LogP contribution in [0.2, 0.25) is 0 Å². The minimum atomic E-state index is 0.108. The van der Waals surface area contributed by atoms with E-state index in [1.165, 1.54) is 0 Å². The highest BCUT2D eigenvalue weighted by atomic mass is 16.5. The van der Waals surface area contributed by atoms with E-state index in [0.29, 0.717) is 13.1 Å². The molecule has 0 aromatic rings. The van der Waals surface area contributed by atoms with Gasteiger partial charge in [0.1, 0.15) is 0 Å². The lowest BCUT2D eigenvalue weighted by Crippen LogP contribution is -2.39. The van der Waals surface area contributed by atoms with Gasteiger partial charge >= 0.3 is 0 Å². The fraction of sp³-hybridized carbons (Fsp3) is 0.875. The standard InChI is InChI=1S/C8H16N2O2/c1-6(12-3)5-10-7(2)9-4-8(10)11/h6-7,9H,4-5H2,1-3H3. The molecule has 1 rings (SSSR count). The maximum atomic E-state index is 11.2. The molecule has 0 saturated carbocycles. The van der Waals surface area contributed by atoms with Gasteiger partial charge in [0, 0.05) is 13.7 Å². The second-order valence-electron chi connectivity index (χ2n) is 3.15. The molecular formula is C8H16N2O2. The van der Waals surface area contributed by atoms with Crippen LogP contribution in [0.1, 0.15) is 13.8 Å². The summed E-state index contributed by atoms with van der Waals surface area (Å²) in [6.45, 7) is 5.06. The Morgan fingerprint density at radius 1 is 1.83 bits per heavy atom. The van der Waals surface area contributed by atoms with Gasteiger partial charge in [-0.2, -0.15) is 0 Å². The van der Waals surface area contributed by atoms with Gasteiger partial charge in [0.2, 0.25) is 5.91 Å². The second-order valence-corrected chi connectivity index (χ2v) is 3.15. The van der Waals surface area contributed by atoms with Crippen molar-refractivity contribution < 1.29 is 9.53 Å². The highest BCUT2D eigenvalue weighted by molar-refractivity contribution is 5.80. The maximum Gasteiger partial charge on any atom is 0.237 e. The predicted molar refractivity (Wildman–Crippen MR) is 45.6 cm³/mol. The minimum absolute atomic E-state index is 0.108. The second kappa shape index (κ2) is 3.87. The average molecular weight is 172 g/mol. The number of carbonyl (C=O) groups is 1. The fourth-order valence-electron chi connectivity index (χ4n) is 1.27. The van der Waals surface area contributed by atoms with Gasteiger partial charge in [-0.05, 0) is 13.8 Å². The molecule has 0 spiro atoms. The third kappa shape index (κ3) is 1.95. The summed E-state index contributed by atoms with van der Waals surface area (Å²) in [5.74, 6) is 0.159. The van der Waals surface area contributed by atoms with Gasteiger partial charge in [0.15, 0.2) is 0 Å². The first-order valence-corrected chi connectivity index (χ1v) is 4.20. The molecule has 12 heavy (non-hydrogen) atoms. The van der Waals surface area contributed by atoms with Crippen LogP contribution in [0.5, 0.6) is 0 Å². The molecule has 1 amide bonds. The van der Waals surface area contributed by atoms with Crippen LogP contribution in [0.4, 0.5) is 0 Å². The highest BCUT2D eigenvalue weighted by Crippen LogP contribution is 2.05. The fourth-order valence-corrected chi connectivity index (χ4v) is 1.27. The number of carbonyl (C=O) groups excluding carboxylic acids is 1.